The molecule has 0 bridgehead atoms. The minimum atomic E-state index is -4.51. The maximum atomic E-state index is 12.6. The molecular weight excluding hydrogens is 355 g/mol. The monoisotopic (exact) mass is 371 g/mol. The van der Waals surface area contributed by atoms with Gasteiger partial charge in [0.05, 0.1) is 11.8 Å². The summed E-state index contributed by atoms with van der Waals surface area (Å²) >= 11 is 0. The number of carboxylic acids is 1. The highest BCUT2D eigenvalue weighted by Crippen LogP contribution is 2.28. The molecule has 0 radical (unpaired) electrons. The summed E-state index contributed by atoms with van der Waals surface area (Å²) in [6.45, 7) is 3.36. The number of halogens is 3. The van der Waals surface area contributed by atoms with Crippen molar-refractivity contribution in [3.8, 4) is 5.82 Å². The number of aliphatic carboxylic acids is 1. The van der Waals surface area contributed by atoms with Gasteiger partial charge in [-0.1, -0.05) is 19.1 Å². The molecule has 0 spiro atoms. The van der Waals surface area contributed by atoms with Crippen LogP contribution >= 0.6 is 0 Å². The average molecular weight is 371 g/mol. The zero-order valence-corrected chi connectivity index (χ0v) is 13.9. The van der Waals surface area contributed by atoms with E-state index >= 15 is 0 Å². The molecule has 0 aromatic carbocycles. The number of pyridine rings is 1. The van der Waals surface area contributed by atoms with E-state index in [4.69, 9.17) is 5.11 Å². The van der Waals surface area contributed by atoms with Crippen LogP contribution in [-0.4, -0.2) is 55.0 Å². The lowest BCUT2D eigenvalue weighted by Crippen LogP contribution is -2.38. The minimum absolute atomic E-state index is 0.0323. The number of aromatic nitrogens is 4. The lowest BCUT2D eigenvalue weighted by molar-refractivity contribution is -0.138. The van der Waals surface area contributed by atoms with Crippen LogP contribution in [-0.2, 0) is 11.0 Å². The van der Waals surface area contributed by atoms with Gasteiger partial charge in [0.2, 0.25) is 0 Å². The van der Waals surface area contributed by atoms with E-state index in [0.717, 1.165) is 21.7 Å². The van der Waals surface area contributed by atoms with Gasteiger partial charge in [-0.3, -0.25) is 9.59 Å². The van der Waals surface area contributed by atoms with Gasteiger partial charge < -0.3 is 10.0 Å². The number of nitrogens with zero attached hydrogens (tertiary/aromatic N) is 5. The lowest BCUT2D eigenvalue weighted by atomic mass is 10.2. The number of hydrogen-bond acceptors (Lipinski definition) is 5. The molecule has 11 heteroatoms. The molecule has 140 valence electrons. The molecule has 0 unspecified atom stereocenters. The van der Waals surface area contributed by atoms with E-state index in [2.05, 4.69) is 15.3 Å². The molecule has 2 aromatic rings. The van der Waals surface area contributed by atoms with Crippen LogP contribution in [0.15, 0.2) is 24.5 Å². The van der Waals surface area contributed by atoms with Crippen LogP contribution in [0.2, 0.25) is 0 Å². The Morgan fingerprint density at radius 2 is 2.00 bits per heavy atom. The zero-order chi connectivity index (χ0) is 19.5. The Morgan fingerprint density at radius 3 is 2.50 bits per heavy atom. The standard InChI is InChI=1S/C15H16F3N5O3/c1-9(2)6-22(8-13(24)25)14(26)11-7-23(21-20-11)12-4-3-10(5-19-12)15(16,17)18/h3-5,7,9H,6,8H2,1-2H3,(H,24,25). The summed E-state index contributed by atoms with van der Waals surface area (Å²) in [7, 11) is 0. The van der Waals surface area contributed by atoms with Gasteiger partial charge in [-0.05, 0) is 18.1 Å². The molecule has 0 fully saturated rings. The van der Waals surface area contributed by atoms with Gasteiger partial charge in [-0.25, -0.2) is 9.67 Å². The van der Waals surface area contributed by atoms with Gasteiger partial charge in [0.15, 0.2) is 11.5 Å². The SMILES string of the molecule is CC(C)CN(CC(=O)O)C(=O)c1cn(-c2ccc(C(F)(F)F)cn2)nn1. The lowest BCUT2D eigenvalue weighted by Gasteiger charge is -2.21. The van der Waals surface area contributed by atoms with E-state index in [1.165, 1.54) is 6.20 Å². The first kappa shape index (κ1) is 19.3. The third-order valence-corrected chi connectivity index (χ3v) is 3.22. The van der Waals surface area contributed by atoms with Gasteiger partial charge in [0, 0.05) is 12.7 Å². The molecule has 2 aromatic heterocycles. The predicted octanol–water partition coefficient (Wildman–Crippen LogP) is 1.86. The number of carbonyl (C=O) groups excluding carboxylic acids is 1. The zero-order valence-electron chi connectivity index (χ0n) is 13.9. The van der Waals surface area contributed by atoms with Crippen molar-refractivity contribution in [1.29, 1.82) is 0 Å². The highest BCUT2D eigenvalue weighted by Gasteiger charge is 2.31. The van der Waals surface area contributed by atoms with Crippen molar-refractivity contribution in [1.82, 2.24) is 24.9 Å². The largest absolute Gasteiger partial charge is 0.480 e. The Hall–Kier alpha value is -2.98. The van der Waals surface area contributed by atoms with Crippen molar-refractivity contribution in [2.24, 2.45) is 5.92 Å². The third-order valence-electron chi connectivity index (χ3n) is 3.22. The number of hydrogen-bond donors (Lipinski definition) is 1. The smallest absolute Gasteiger partial charge is 0.417 e. The van der Waals surface area contributed by atoms with Crippen LogP contribution in [0.3, 0.4) is 0 Å². The Labute approximate surface area is 146 Å². The van der Waals surface area contributed by atoms with Gasteiger partial charge in [0.25, 0.3) is 5.91 Å². The molecule has 1 N–H and O–H groups in total. The topological polar surface area (TPSA) is 101 Å². The molecule has 0 aliphatic carbocycles. The minimum Gasteiger partial charge on any atom is -0.480 e. The van der Waals surface area contributed by atoms with E-state index in [1.54, 1.807) is 0 Å². The maximum absolute atomic E-state index is 12.6. The Bertz CT molecular complexity index is 787. The van der Waals surface area contributed by atoms with Crippen molar-refractivity contribution in [2.45, 2.75) is 20.0 Å². The van der Waals surface area contributed by atoms with E-state index in [1.807, 2.05) is 13.8 Å². The van der Waals surface area contributed by atoms with E-state index in [0.29, 0.717) is 6.20 Å². The van der Waals surface area contributed by atoms with Gasteiger partial charge >= 0.3 is 12.1 Å². The molecule has 0 saturated carbocycles. The summed E-state index contributed by atoms with van der Waals surface area (Å²) in [5.74, 6) is -1.74. The Morgan fingerprint density at radius 1 is 1.31 bits per heavy atom. The maximum Gasteiger partial charge on any atom is 0.417 e. The number of amides is 1. The number of alkyl halides is 3. The van der Waals surface area contributed by atoms with E-state index < -0.39 is 30.2 Å². The fourth-order valence-corrected chi connectivity index (χ4v) is 2.15. The van der Waals surface area contributed by atoms with Crippen molar-refractivity contribution in [2.75, 3.05) is 13.1 Å². The van der Waals surface area contributed by atoms with Crippen LogP contribution in [0.1, 0.15) is 29.9 Å². The third kappa shape index (κ3) is 4.77. The summed E-state index contributed by atoms with van der Waals surface area (Å²) in [5, 5.41) is 16.3. The Balaban J connectivity index is 2.22. The summed E-state index contributed by atoms with van der Waals surface area (Å²) in [4.78, 5) is 28.1. The molecule has 2 heterocycles. The molecule has 26 heavy (non-hydrogen) atoms. The molecule has 0 aliphatic rings. The number of carbonyl (C=O) groups is 2. The Kier molecular flexibility index (Phi) is 5.58. The van der Waals surface area contributed by atoms with Crippen LogP contribution in [0.5, 0.6) is 0 Å². The fraction of sp³-hybridized carbons (Fsp3) is 0.400. The first-order chi connectivity index (χ1) is 12.1. The normalized spacial score (nSPS) is 11.6. The van der Waals surface area contributed by atoms with Gasteiger partial charge in [0.1, 0.15) is 6.54 Å². The van der Waals surface area contributed by atoms with Crippen molar-refractivity contribution in [3.05, 3.63) is 35.8 Å². The summed E-state index contributed by atoms with van der Waals surface area (Å²) in [6.07, 6.45) is -2.68. The fourth-order valence-electron chi connectivity index (χ4n) is 2.15. The van der Waals surface area contributed by atoms with Crippen LogP contribution in [0, 0.1) is 5.92 Å². The summed E-state index contributed by atoms with van der Waals surface area (Å²) in [6, 6.07) is 1.93. The van der Waals surface area contributed by atoms with Crippen LogP contribution in [0.4, 0.5) is 13.2 Å². The molecule has 8 nitrogen and oxygen atoms in total. The van der Waals surface area contributed by atoms with Crippen LogP contribution in [0.25, 0.3) is 5.82 Å². The molecule has 0 saturated heterocycles. The first-order valence-electron chi connectivity index (χ1n) is 7.55. The molecule has 0 aliphatic heterocycles. The van der Waals surface area contributed by atoms with Crippen molar-refractivity contribution in [3.63, 3.8) is 0 Å². The number of carboxylic acid groups (broad SMARTS) is 1. The van der Waals surface area contributed by atoms with E-state index in [9.17, 15) is 22.8 Å². The highest BCUT2D eigenvalue weighted by molar-refractivity contribution is 5.93. The second-order valence-corrected chi connectivity index (χ2v) is 5.92. The molecule has 2 rings (SSSR count). The van der Waals surface area contributed by atoms with Crippen molar-refractivity contribution < 1.29 is 27.9 Å². The van der Waals surface area contributed by atoms with Gasteiger partial charge in [-0.2, -0.15) is 13.2 Å². The molecular formula is C15H16F3N5O3. The number of rotatable bonds is 6. The van der Waals surface area contributed by atoms with Crippen molar-refractivity contribution >= 4 is 11.9 Å². The summed E-state index contributed by atoms with van der Waals surface area (Å²) < 4.78 is 38.7. The first-order valence-corrected chi connectivity index (χ1v) is 7.55. The highest BCUT2D eigenvalue weighted by atomic mass is 19.4. The van der Waals surface area contributed by atoms with Gasteiger partial charge in [-0.15, -0.1) is 5.10 Å². The second kappa shape index (κ2) is 7.50. The summed E-state index contributed by atoms with van der Waals surface area (Å²) in [5.41, 5.74) is -1.05. The quantitative estimate of drug-likeness (QED) is 0.832. The van der Waals surface area contributed by atoms with E-state index in [-0.39, 0.29) is 24.0 Å². The second-order valence-electron chi connectivity index (χ2n) is 5.92. The predicted molar refractivity (Wildman–Crippen MR) is 82.5 cm³/mol. The molecule has 0 atom stereocenters. The van der Waals surface area contributed by atoms with Crippen LogP contribution < -0.4 is 0 Å². The molecule has 1 amide bonds. The average Bonchev–Trinajstić information content (AvgIpc) is 3.02.